The number of hydrogen-bond donors (Lipinski definition) is 0. The van der Waals surface area contributed by atoms with E-state index in [0.717, 1.165) is 19.7 Å². The standard InChI is InChI=1S/C4H7N.C3H5NO/c1-2-4-5-3-1;1-2-5-3-4-1/h3H,1-2,4H2;3H,1-2H2. The van der Waals surface area contributed by atoms with Crippen LogP contribution in [0.25, 0.3) is 0 Å². The lowest BCUT2D eigenvalue weighted by Gasteiger charge is -1.76. The van der Waals surface area contributed by atoms with Crippen LogP contribution in [0, 0.1) is 0 Å². The van der Waals surface area contributed by atoms with E-state index in [1.165, 1.54) is 19.2 Å². The fourth-order valence-electron chi connectivity index (χ4n) is 0.720. The van der Waals surface area contributed by atoms with Gasteiger partial charge in [-0.25, -0.2) is 0 Å². The van der Waals surface area contributed by atoms with Crippen LogP contribution in [-0.2, 0) is 4.74 Å². The van der Waals surface area contributed by atoms with Crippen molar-refractivity contribution in [3.05, 3.63) is 0 Å². The van der Waals surface area contributed by atoms with Crippen molar-refractivity contribution in [2.75, 3.05) is 19.7 Å². The molecule has 0 aliphatic carbocycles. The zero-order valence-electron chi connectivity index (χ0n) is 5.99. The Morgan fingerprint density at radius 2 is 2.20 bits per heavy atom. The average molecular weight is 140 g/mol. The predicted octanol–water partition coefficient (Wildman–Crippen LogP) is 0.896. The Bertz CT molecular complexity index is 104. The molecule has 0 aromatic carbocycles. The van der Waals surface area contributed by atoms with E-state index in [2.05, 4.69) is 14.7 Å². The molecule has 0 amide bonds. The number of ether oxygens (including phenoxy) is 1. The summed E-state index contributed by atoms with van der Waals surface area (Å²) < 4.78 is 4.65. The summed E-state index contributed by atoms with van der Waals surface area (Å²) >= 11 is 0. The van der Waals surface area contributed by atoms with Gasteiger partial charge in [-0.2, -0.15) is 0 Å². The SMILES string of the molecule is C1=NCCC1.C1=NCCO1. The number of nitrogens with zero attached hydrogens (tertiary/aromatic N) is 2. The van der Waals surface area contributed by atoms with Gasteiger partial charge in [-0.05, 0) is 19.1 Å². The molecule has 2 aliphatic rings. The van der Waals surface area contributed by atoms with Crippen LogP contribution in [-0.4, -0.2) is 32.3 Å². The van der Waals surface area contributed by atoms with Gasteiger partial charge in [0, 0.05) is 6.54 Å². The highest BCUT2D eigenvalue weighted by atomic mass is 16.5. The first-order valence-corrected chi connectivity index (χ1v) is 3.58. The van der Waals surface area contributed by atoms with Gasteiger partial charge in [0.2, 0.25) is 0 Å². The fraction of sp³-hybridized carbons (Fsp3) is 0.714. The van der Waals surface area contributed by atoms with Crippen LogP contribution in [0.3, 0.4) is 0 Å². The second kappa shape index (κ2) is 4.97. The van der Waals surface area contributed by atoms with Crippen molar-refractivity contribution in [3.8, 4) is 0 Å². The third-order valence-corrected chi connectivity index (χ3v) is 1.24. The molecule has 0 bridgehead atoms. The van der Waals surface area contributed by atoms with Crippen LogP contribution in [0.15, 0.2) is 9.98 Å². The first-order chi connectivity index (χ1) is 5.00. The fourth-order valence-corrected chi connectivity index (χ4v) is 0.720. The van der Waals surface area contributed by atoms with Gasteiger partial charge < -0.3 is 4.74 Å². The second-order valence-electron chi connectivity index (χ2n) is 2.11. The van der Waals surface area contributed by atoms with Gasteiger partial charge >= 0.3 is 0 Å². The number of rotatable bonds is 0. The molecule has 0 atom stereocenters. The second-order valence-corrected chi connectivity index (χ2v) is 2.11. The van der Waals surface area contributed by atoms with Crippen molar-refractivity contribution in [2.45, 2.75) is 12.8 Å². The van der Waals surface area contributed by atoms with Crippen molar-refractivity contribution in [3.63, 3.8) is 0 Å². The summed E-state index contributed by atoms with van der Waals surface area (Å²) in [4.78, 5) is 7.69. The summed E-state index contributed by atoms with van der Waals surface area (Å²) in [6.45, 7) is 2.69. The van der Waals surface area contributed by atoms with Gasteiger partial charge in [0.25, 0.3) is 0 Å². The molecule has 3 heteroatoms. The van der Waals surface area contributed by atoms with E-state index in [1.807, 2.05) is 6.21 Å². The maximum Gasteiger partial charge on any atom is 0.169 e. The molecule has 3 nitrogen and oxygen atoms in total. The van der Waals surface area contributed by atoms with Crippen molar-refractivity contribution >= 4 is 12.6 Å². The lowest BCUT2D eigenvalue weighted by molar-refractivity contribution is 0.361. The molecule has 0 saturated carbocycles. The first-order valence-electron chi connectivity index (χ1n) is 3.58. The zero-order chi connectivity index (χ0) is 7.07. The molecule has 0 spiro atoms. The lowest BCUT2D eigenvalue weighted by atomic mass is 10.4. The minimum Gasteiger partial charge on any atom is -0.482 e. The van der Waals surface area contributed by atoms with Crippen molar-refractivity contribution in [1.29, 1.82) is 0 Å². The summed E-state index contributed by atoms with van der Waals surface area (Å²) in [6, 6.07) is 0. The van der Waals surface area contributed by atoms with Crippen molar-refractivity contribution < 1.29 is 4.74 Å². The minimum atomic E-state index is 0.778. The molecule has 0 saturated heterocycles. The highest BCUT2D eigenvalue weighted by molar-refractivity contribution is 5.58. The van der Waals surface area contributed by atoms with Gasteiger partial charge in [-0.1, -0.05) is 0 Å². The van der Waals surface area contributed by atoms with Crippen LogP contribution in [0.1, 0.15) is 12.8 Å². The van der Waals surface area contributed by atoms with Crippen LogP contribution in [0.4, 0.5) is 0 Å². The summed E-state index contributed by atoms with van der Waals surface area (Å²) in [6.07, 6.45) is 5.96. The molecule has 2 heterocycles. The lowest BCUT2D eigenvalue weighted by Crippen LogP contribution is -1.80. The van der Waals surface area contributed by atoms with E-state index in [0.29, 0.717) is 0 Å². The summed E-state index contributed by atoms with van der Waals surface area (Å²) in [5.74, 6) is 0. The normalized spacial score (nSPS) is 20.0. The molecule has 0 fully saturated rings. The molecule has 2 rings (SSSR count). The topological polar surface area (TPSA) is 34.0 Å². The Kier molecular flexibility index (Phi) is 3.60. The van der Waals surface area contributed by atoms with E-state index in [1.54, 1.807) is 0 Å². The molecule has 0 aromatic heterocycles. The van der Waals surface area contributed by atoms with E-state index < -0.39 is 0 Å². The van der Waals surface area contributed by atoms with Crippen LogP contribution < -0.4 is 0 Å². The van der Waals surface area contributed by atoms with Gasteiger partial charge in [0.1, 0.15) is 6.61 Å². The summed E-state index contributed by atoms with van der Waals surface area (Å²) in [5, 5.41) is 0. The molecule has 10 heavy (non-hydrogen) atoms. The third-order valence-electron chi connectivity index (χ3n) is 1.24. The predicted molar refractivity (Wildman–Crippen MR) is 41.9 cm³/mol. The maximum absolute atomic E-state index is 4.65. The van der Waals surface area contributed by atoms with Crippen molar-refractivity contribution in [2.24, 2.45) is 9.98 Å². The van der Waals surface area contributed by atoms with E-state index in [9.17, 15) is 0 Å². The molecule has 0 unspecified atom stereocenters. The van der Waals surface area contributed by atoms with E-state index in [-0.39, 0.29) is 0 Å². The largest absolute Gasteiger partial charge is 0.482 e. The van der Waals surface area contributed by atoms with Crippen molar-refractivity contribution in [1.82, 2.24) is 0 Å². The quantitative estimate of drug-likeness (QED) is 0.492. The minimum absolute atomic E-state index is 0.778. The average Bonchev–Trinajstić information content (AvgIpc) is 2.67. The third kappa shape index (κ3) is 3.22. The Morgan fingerprint density at radius 1 is 1.20 bits per heavy atom. The van der Waals surface area contributed by atoms with Gasteiger partial charge in [-0.15, -0.1) is 0 Å². The van der Waals surface area contributed by atoms with Crippen LogP contribution in [0.2, 0.25) is 0 Å². The van der Waals surface area contributed by atoms with Gasteiger partial charge in [0.05, 0.1) is 6.54 Å². The molecule has 2 aliphatic heterocycles. The Balaban J connectivity index is 0.0000001000. The van der Waals surface area contributed by atoms with Gasteiger partial charge in [0.15, 0.2) is 6.40 Å². The maximum atomic E-state index is 4.65. The summed E-state index contributed by atoms with van der Waals surface area (Å²) in [7, 11) is 0. The Hall–Kier alpha value is -0.860. The molecule has 0 aromatic rings. The molecular weight excluding hydrogens is 128 g/mol. The van der Waals surface area contributed by atoms with Crippen LogP contribution in [0.5, 0.6) is 0 Å². The molecular formula is C7H12N2O. The Morgan fingerprint density at radius 3 is 2.40 bits per heavy atom. The molecule has 0 N–H and O–H groups in total. The Labute approximate surface area is 60.8 Å². The summed E-state index contributed by atoms with van der Waals surface area (Å²) in [5.41, 5.74) is 0. The molecule has 56 valence electrons. The number of aliphatic imine (C=N–C) groups is 2. The highest BCUT2D eigenvalue weighted by Crippen LogP contribution is 1.92. The highest BCUT2D eigenvalue weighted by Gasteiger charge is 1.86. The van der Waals surface area contributed by atoms with Crippen LogP contribution >= 0.6 is 0 Å². The first kappa shape index (κ1) is 7.25. The number of hydrogen-bond acceptors (Lipinski definition) is 3. The van der Waals surface area contributed by atoms with Gasteiger partial charge in [-0.3, -0.25) is 9.98 Å². The smallest absolute Gasteiger partial charge is 0.169 e. The molecule has 0 radical (unpaired) electrons. The van der Waals surface area contributed by atoms with E-state index in [4.69, 9.17) is 0 Å². The monoisotopic (exact) mass is 140 g/mol. The zero-order valence-corrected chi connectivity index (χ0v) is 5.99. The van der Waals surface area contributed by atoms with E-state index >= 15 is 0 Å².